The third kappa shape index (κ3) is 5.89. The predicted octanol–water partition coefficient (Wildman–Crippen LogP) is 4.43. The third-order valence-corrected chi connectivity index (χ3v) is 6.97. The van der Waals surface area contributed by atoms with Gasteiger partial charge in [0.05, 0.1) is 6.16 Å². The van der Waals surface area contributed by atoms with E-state index in [4.69, 9.17) is 0 Å². The number of hydrogen-bond donors (Lipinski definition) is 2. The molecule has 0 aromatic heterocycles. The van der Waals surface area contributed by atoms with Gasteiger partial charge in [0.25, 0.3) is 0 Å². The van der Waals surface area contributed by atoms with Crippen molar-refractivity contribution in [3.8, 4) is 0 Å². The Bertz CT molecular complexity index is 446. The fourth-order valence-electron chi connectivity index (χ4n) is 3.88. The Labute approximate surface area is 133 Å². The summed E-state index contributed by atoms with van der Waals surface area (Å²) in [6.45, 7) is 0. The van der Waals surface area contributed by atoms with Crippen LogP contribution >= 0.6 is 7.37 Å². The maximum atomic E-state index is 12.5. The third-order valence-electron chi connectivity index (χ3n) is 5.05. The first-order chi connectivity index (χ1) is 10.5. The van der Waals surface area contributed by atoms with E-state index in [2.05, 4.69) is 0 Å². The summed E-state index contributed by atoms with van der Waals surface area (Å²) < 4.78 is 12.5. The standard InChI is InChI=1S/C17H29O4P/c18-17(19)16(11-14-7-3-1-4-8-14)13-22(20,21)12-15-9-5-2-6-10-15/h11,14-15H,1-10,12-13H2,(H,18,19)(H,20,21)/b16-11+. The minimum atomic E-state index is -3.39. The van der Waals surface area contributed by atoms with E-state index >= 15 is 0 Å². The summed E-state index contributed by atoms with van der Waals surface area (Å²) in [5, 5.41) is 9.37. The molecule has 4 nitrogen and oxygen atoms in total. The predicted molar refractivity (Wildman–Crippen MR) is 88.4 cm³/mol. The molecule has 0 aromatic rings. The number of carboxylic acid groups (broad SMARTS) is 1. The zero-order valence-corrected chi connectivity index (χ0v) is 14.3. The molecular formula is C17H29O4P. The highest BCUT2D eigenvalue weighted by molar-refractivity contribution is 7.58. The van der Waals surface area contributed by atoms with Gasteiger partial charge in [-0.25, -0.2) is 4.79 Å². The molecule has 22 heavy (non-hydrogen) atoms. The van der Waals surface area contributed by atoms with E-state index in [1.54, 1.807) is 6.08 Å². The molecule has 0 saturated heterocycles. The largest absolute Gasteiger partial charge is 0.478 e. The highest BCUT2D eigenvalue weighted by atomic mass is 31.2. The fraction of sp³-hybridized carbons (Fsp3) is 0.824. The Morgan fingerprint density at radius 3 is 2.09 bits per heavy atom. The van der Waals surface area contributed by atoms with Gasteiger partial charge in [-0.05, 0) is 37.5 Å². The molecule has 2 fully saturated rings. The molecule has 2 aliphatic carbocycles. The number of allylic oxidation sites excluding steroid dienone is 1. The summed E-state index contributed by atoms with van der Waals surface area (Å²) in [5.41, 5.74) is 0.161. The number of hydrogen-bond acceptors (Lipinski definition) is 2. The van der Waals surface area contributed by atoms with Crippen LogP contribution in [-0.4, -0.2) is 28.3 Å². The zero-order chi connectivity index (χ0) is 16.0. The minimum Gasteiger partial charge on any atom is -0.478 e. The van der Waals surface area contributed by atoms with Crippen LogP contribution in [-0.2, 0) is 9.36 Å². The van der Waals surface area contributed by atoms with Gasteiger partial charge in [-0.15, -0.1) is 0 Å². The number of carbonyl (C=O) groups is 1. The van der Waals surface area contributed by atoms with E-state index in [0.717, 1.165) is 51.4 Å². The molecule has 1 atom stereocenters. The molecule has 1 unspecified atom stereocenters. The Kier molecular flexibility index (Phi) is 6.70. The van der Waals surface area contributed by atoms with Crippen LogP contribution in [0.15, 0.2) is 11.6 Å². The molecule has 0 aromatic carbocycles. The van der Waals surface area contributed by atoms with E-state index in [0.29, 0.717) is 12.1 Å². The van der Waals surface area contributed by atoms with Crippen LogP contribution in [0.5, 0.6) is 0 Å². The van der Waals surface area contributed by atoms with E-state index in [9.17, 15) is 19.4 Å². The summed E-state index contributed by atoms with van der Waals surface area (Å²) in [4.78, 5) is 21.7. The molecule has 2 saturated carbocycles. The molecule has 0 bridgehead atoms. The summed E-state index contributed by atoms with van der Waals surface area (Å²) >= 11 is 0. The molecule has 5 heteroatoms. The Hall–Kier alpha value is -0.600. The summed E-state index contributed by atoms with van der Waals surface area (Å²) in [6, 6.07) is 0. The second-order valence-corrected chi connectivity index (χ2v) is 9.46. The number of carboxylic acids is 1. The molecular weight excluding hydrogens is 299 g/mol. The van der Waals surface area contributed by atoms with Crippen LogP contribution in [0.4, 0.5) is 0 Å². The summed E-state index contributed by atoms with van der Waals surface area (Å²) in [5.74, 6) is -0.452. The molecule has 0 heterocycles. The summed E-state index contributed by atoms with van der Waals surface area (Å²) in [6.07, 6.45) is 12.9. The normalized spacial score (nSPS) is 24.9. The van der Waals surface area contributed by atoms with Crippen molar-refractivity contribution in [2.75, 3.05) is 12.3 Å². The first kappa shape index (κ1) is 17.7. The minimum absolute atomic E-state index is 0.157. The van der Waals surface area contributed by atoms with Crippen molar-refractivity contribution >= 4 is 13.3 Å². The molecule has 126 valence electrons. The SMILES string of the molecule is O=C(O)/C(=C/C1CCCCC1)CP(=O)(O)CC1CCCCC1. The maximum absolute atomic E-state index is 12.5. The van der Waals surface area contributed by atoms with Crippen LogP contribution in [0.2, 0.25) is 0 Å². The van der Waals surface area contributed by atoms with Gasteiger partial charge >= 0.3 is 5.97 Å². The second kappa shape index (κ2) is 8.31. The van der Waals surface area contributed by atoms with Crippen LogP contribution in [0.25, 0.3) is 0 Å². The van der Waals surface area contributed by atoms with Gasteiger partial charge in [-0.3, -0.25) is 4.57 Å². The van der Waals surface area contributed by atoms with Gasteiger partial charge in [-0.1, -0.05) is 44.6 Å². The maximum Gasteiger partial charge on any atom is 0.331 e. The van der Waals surface area contributed by atoms with Crippen molar-refractivity contribution in [2.24, 2.45) is 11.8 Å². The van der Waals surface area contributed by atoms with Crippen LogP contribution in [0.1, 0.15) is 64.2 Å². The fourth-order valence-corrected chi connectivity index (χ4v) is 5.96. The van der Waals surface area contributed by atoms with E-state index in [-0.39, 0.29) is 17.7 Å². The van der Waals surface area contributed by atoms with Gasteiger partial charge < -0.3 is 10.00 Å². The molecule has 0 radical (unpaired) electrons. The lowest BCUT2D eigenvalue weighted by Gasteiger charge is -2.24. The lowest BCUT2D eigenvalue weighted by Crippen LogP contribution is -2.16. The monoisotopic (exact) mass is 328 g/mol. The molecule has 2 N–H and O–H groups in total. The average Bonchev–Trinajstić information content (AvgIpc) is 2.48. The van der Waals surface area contributed by atoms with Gasteiger partial charge in [0, 0.05) is 11.7 Å². The Morgan fingerprint density at radius 1 is 1.00 bits per heavy atom. The number of aliphatic carboxylic acids is 1. The first-order valence-corrected chi connectivity index (χ1v) is 10.7. The van der Waals surface area contributed by atoms with Crippen molar-refractivity contribution in [2.45, 2.75) is 64.2 Å². The van der Waals surface area contributed by atoms with Gasteiger partial charge in [0.15, 0.2) is 0 Å². The smallest absolute Gasteiger partial charge is 0.331 e. The molecule has 0 amide bonds. The van der Waals surface area contributed by atoms with Crippen LogP contribution in [0, 0.1) is 11.8 Å². The highest BCUT2D eigenvalue weighted by Gasteiger charge is 2.29. The molecule has 2 rings (SSSR count). The molecule has 0 aliphatic heterocycles. The van der Waals surface area contributed by atoms with E-state index in [1.165, 1.54) is 12.8 Å². The van der Waals surface area contributed by atoms with Gasteiger partial charge in [0.1, 0.15) is 0 Å². The molecule has 0 spiro atoms. The Morgan fingerprint density at radius 2 is 1.55 bits per heavy atom. The first-order valence-electron chi connectivity index (χ1n) is 8.71. The Balaban J connectivity index is 1.97. The summed E-state index contributed by atoms with van der Waals surface area (Å²) in [7, 11) is -3.39. The topological polar surface area (TPSA) is 74.6 Å². The molecule has 2 aliphatic rings. The highest BCUT2D eigenvalue weighted by Crippen LogP contribution is 2.47. The van der Waals surface area contributed by atoms with Crippen LogP contribution < -0.4 is 0 Å². The van der Waals surface area contributed by atoms with Crippen molar-refractivity contribution in [1.82, 2.24) is 0 Å². The lowest BCUT2D eigenvalue weighted by atomic mass is 9.88. The van der Waals surface area contributed by atoms with E-state index < -0.39 is 13.3 Å². The van der Waals surface area contributed by atoms with Crippen molar-refractivity contribution in [1.29, 1.82) is 0 Å². The average molecular weight is 328 g/mol. The van der Waals surface area contributed by atoms with Gasteiger partial charge in [-0.2, -0.15) is 0 Å². The van der Waals surface area contributed by atoms with Crippen molar-refractivity contribution in [3.63, 3.8) is 0 Å². The van der Waals surface area contributed by atoms with Crippen molar-refractivity contribution < 1.29 is 19.4 Å². The number of rotatable bonds is 6. The second-order valence-electron chi connectivity index (χ2n) is 7.09. The lowest BCUT2D eigenvalue weighted by molar-refractivity contribution is -0.132. The van der Waals surface area contributed by atoms with Crippen molar-refractivity contribution in [3.05, 3.63) is 11.6 Å². The quantitative estimate of drug-likeness (QED) is 0.559. The zero-order valence-electron chi connectivity index (χ0n) is 13.4. The van der Waals surface area contributed by atoms with E-state index in [1.807, 2.05) is 0 Å². The van der Waals surface area contributed by atoms with Gasteiger partial charge in [0.2, 0.25) is 7.37 Å². The van der Waals surface area contributed by atoms with Crippen LogP contribution in [0.3, 0.4) is 0 Å².